The van der Waals surface area contributed by atoms with Crippen molar-refractivity contribution in [1.29, 1.82) is 0 Å². The van der Waals surface area contributed by atoms with Crippen molar-refractivity contribution in [3.8, 4) is 11.5 Å². The summed E-state index contributed by atoms with van der Waals surface area (Å²) in [6, 6.07) is 9.94. The fourth-order valence-corrected chi connectivity index (χ4v) is 3.59. The molecule has 1 amide bonds. The number of aromatic nitrogens is 2. The largest absolute Gasteiger partial charge is 0.411 e. The summed E-state index contributed by atoms with van der Waals surface area (Å²) >= 11 is 1.31. The topological polar surface area (TPSA) is 68.0 Å². The lowest BCUT2D eigenvalue weighted by Gasteiger charge is -2.18. The smallest absolute Gasteiger partial charge is 0.277 e. The van der Waals surface area contributed by atoms with E-state index in [1.807, 2.05) is 37.3 Å². The van der Waals surface area contributed by atoms with Crippen LogP contribution >= 0.6 is 11.8 Å². The number of hydrogen-bond donors (Lipinski definition) is 1. The number of nitrogens with zero attached hydrogens (tertiary/aromatic N) is 2. The first kappa shape index (κ1) is 17.0. The third kappa shape index (κ3) is 4.60. The van der Waals surface area contributed by atoms with Gasteiger partial charge in [0.15, 0.2) is 0 Å². The van der Waals surface area contributed by atoms with Crippen LogP contribution in [0.5, 0.6) is 0 Å². The molecule has 1 heterocycles. The average Bonchev–Trinajstić information content (AvgIpc) is 2.91. The molecule has 0 radical (unpaired) electrons. The molecule has 5 nitrogen and oxygen atoms in total. The molecule has 0 aliphatic heterocycles. The normalized spacial score (nSPS) is 17.2. The zero-order valence-electron chi connectivity index (χ0n) is 13.9. The van der Waals surface area contributed by atoms with Gasteiger partial charge in [0.05, 0.1) is 5.25 Å². The third-order valence-corrected chi connectivity index (χ3v) is 5.21. The minimum Gasteiger partial charge on any atom is -0.411 e. The van der Waals surface area contributed by atoms with Gasteiger partial charge < -0.3 is 9.73 Å². The molecule has 3 rings (SSSR count). The summed E-state index contributed by atoms with van der Waals surface area (Å²) in [5, 5.41) is 11.4. The Morgan fingerprint density at radius 1 is 1.17 bits per heavy atom. The predicted molar refractivity (Wildman–Crippen MR) is 94.7 cm³/mol. The van der Waals surface area contributed by atoms with Crippen molar-refractivity contribution in [1.82, 2.24) is 15.5 Å². The standard InChI is InChI=1S/C18H23N3O2S/c1-13(16(22)19-15-11-7-2-3-8-12-15)24-18-21-20-17(23-18)14-9-5-4-6-10-14/h4-6,9-10,13,15H,2-3,7-8,11-12H2,1H3,(H,19,22)/t13-/m0/s1. The van der Waals surface area contributed by atoms with Crippen molar-refractivity contribution in [2.45, 2.75) is 62.0 Å². The summed E-state index contributed by atoms with van der Waals surface area (Å²) < 4.78 is 5.66. The van der Waals surface area contributed by atoms with E-state index in [-0.39, 0.29) is 11.2 Å². The Morgan fingerprint density at radius 2 is 1.88 bits per heavy atom. The maximum Gasteiger partial charge on any atom is 0.277 e. The SMILES string of the molecule is C[C@H](Sc1nnc(-c2ccccc2)o1)C(=O)NC1CCCCCC1. The van der Waals surface area contributed by atoms with Crippen LogP contribution in [0.2, 0.25) is 0 Å². The molecule has 128 valence electrons. The van der Waals surface area contributed by atoms with Gasteiger partial charge in [-0.1, -0.05) is 55.6 Å². The number of carbonyl (C=O) groups excluding carboxylic acids is 1. The van der Waals surface area contributed by atoms with Crippen LogP contribution in [-0.4, -0.2) is 27.4 Å². The number of carbonyl (C=O) groups is 1. The van der Waals surface area contributed by atoms with Crippen LogP contribution in [0.3, 0.4) is 0 Å². The molecule has 0 saturated heterocycles. The Labute approximate surface area is 146 Å². The van der Waals surface area contributed by atoms with E-state index in [2.05, 4.69) is 15.5 Å². The molecule has 1 atom stereocenters. The minimum absolute atomic E-state index is 0.0476. The van der Waals surface area contributed by atoms with Gasteiger partial charge in [-0.2, -0.15) is 0 Å². The molecular formula is C18H23N3O2S. The predicted octanol–water partition coefficient (Wildman–Crippen LogP) is 4.06. The molecule has 24 heavy (non-hydrogen) atoms. The van der Waals surface area contributed by atoms with Crippen molar-refractivity contribution >= 4 is 17.7 Å². The van der Waals surface area contributed by atoms with Gasteiger partial charge >= 0.3 is 0 Å². The Bertz CT molecular complexity index is 651. The van der Waals surface area contributed by atoms with Gasteiger partial charge in [-0.15, -0.1) is 10.2 Å². The molecule has 1 aliphatic carbocycles. The lowest BCUT2D eigenvalue weighted by molar-refractivity contribution is -0.121. The fourth-order valence-electron chi connectivity index (χ4n) is 2.90. The van der Waals surface area contributed by atoms with E-state index in [1.165, 1.54) is 37.4 Å². The molecule has 1 aromatic heterocycles. The second-order valence-electron chi connectivity index (χ2n) is 6.20. The first-order valence-corrected chi connectivity index (χ1v) is 9.46. The van der Waals surface area contributed by atoms with Gasteiger partial charge in [0, 0.05) is 11.6 Å². The molecule has 1 N–H and O–H groups in total. The quantitative estimate of drug-likeness (QED) is 0.654. The van der Waals surface area contributed by atoms with Gasteiger partial charge in [-0.05, 0) is 31.9 Å². The second kappa shape index (κ2) is 8.33. The van der Waals surface area contributed by atoms with Crippen LogP contribution in [0.1, 0.15) is 45.4 Å². The van der Waals surface area contributed by atoms with Crippen molar-refractivity contribution in [3.05, 3.63) is 30.3 Å². The Kier molecular flexibility index (Phi) is 5.91. The molecule has 0 unspecified atom stereocenters. The van der Waals surface area contributed by atoms with Gasteiger partial charge in [0.2, 0.25) is 11.8 Å². The van der Waals surface area contributed by atoms with Gasteiger partial charge in [-0.25, -0.2) is 0 Å². The van der Waals surface area contributed by atoms with E-state index in [0.717, 1.165) is 18.4 Å². The Balaban J connectivity index is 1.55. The zero-order valence-corrected chi connectivity index (χ0v) is 14.7. The highest BCUT2D eigenvalue weighted by Crippen LogP contribution is 2.26. The molecule has 6 heteroatoms. The summed E-state index contributed by atoms with van der Waals surface area (Å²) in [6.07, 6.45) is 7.14. The van der Waals surface area contributed by atoms with Crippen molar-refractivity contribution in [3.63, 3.8) is 0 Å². The van der Waals surface area contributed by atoms with Crippen molar-refractivity contribution in [2.24, 2.45) is 0 Å². The van der Waals surface area contributed by atoms with E-state index in [4.69, 9.17) is 4.42 Å². The summed E-state index contributed by atoms with van der Waals surface area (Å²) in [6.45, 7) is 1.88. The van der Waals surface area contributed by atoms with Crippen LogP contribution < -0.4 is 5.32 Å². The van der Waals surface area contributed by atoms with E-state index >= 15 is 0 Å². The first-order chi connectivity index (χ1) is 11.7. The van der Waals surface area contributed by atoms with Crippen LogP contribution in [0, 0.1) is 0 Å². The van der Waals surface area contributed by atoms with E-state index in [9.17, 15) is 4.79 Å². The molecule has 1 saturated carbocycles. The van der Waals surface area contributed by atoms with E-state index in [0.29, 0.717) is 17.2 Å². The number of benzene rings is 1. The monoisotopic (exact) mass is 345 g/mol. The number of rotatable bonds is 5. The van der Waals surface area contributed by atoms with Crippen LogP contribution in [0.25, 0.3) is 11.5 Å². The highest BCUT2D eigenvalue weighted by atomic mass is 32.2. The maximum atomic E-state index is 12.4. The summed E-state index contributed by atoms with van der Waals surface area (Å²) in [5.74, 6) is 0.529. The van der Waals surface area contributed by atoms with E-state index in [1.54, 1.807) is 0 Å². The fraction of sp³-hybridized carbons (Fsp3) is 0.500. The highest BCUT2D eigenvalue weighted by molar-refractivity contribution is 8.00. The lowest BCUT2D eigenvalue weighted by Crippen LogP contribution is -2.39. The summed E-state index contributed by atoms with van der Waals surface area (Å²) in [5.41, 5.74) is 0.882. The Hall–Kier alpha value is -1.82. The van der Waals surface area contributed by atoms with Gasteiger partial charge in [0.1, 0.15) is 0 Å². The summed E-state index contributed by atoms with van der Waals surface area (Å²) in [4.78, 5) is 12.4. The van der Waals surface area contributed by atoms with Crippen LogP contribution in [0.15, 0.2) is 40.0 Å². The minimum atomic E-state index is -0.252. The molecule has 1 fully saturated rings. The number of amides is 1. The van der Waals surface area contributed by atoms with Gasteiger partial charge in [-0.3, -0.25) is 4.79 Å². The summed E-state index contributed by atoms with van der Waals surface area (Å²) in [7, 11) is 0. The maximum absolute atomic E-state index is 12.4. The van der Waals surface area contributed by atoms with Gasteiger partial charge in [0.25, 0.3) is 5.22 Å². The molecule has 2 aromatic rings. The highest BCUT2D eigenvalue weighted by Gasteiger charge is 2.22. The number of nitrogens with one attached hydrogen (secondary N) is 1. The van der Waals surface area contributed by atoms with Crippen LogP contribution in [0.4, 0.5) is 0 Å². The molecule has 1 aliphatic rings. The lowest BCUT2D eigenvalue weighted by atomic mass is 10.1. The third-order valence-electron chi connectivity index (χ3n) is 4.28. The Morgan fingerprint density at radius 3 is 2.58 bits per heavy atom. The van der Waals surface area contributed by atoms with Crippen molar-refractivity contribution < 1.29 is 9.21 Å². The van der Waals surface area contributed by atoms with E-state index < -0.39 is 0 Å². The number of thioether (sulfide) groups is 1. The molecular weight excluding hydrogens is 322 g/mol. The van der Waals surface area contributed by atoms with Crippen molar-refractivity contribution in [2.75, 3.05) is 0 Å². The van der Waals surface area contributed by atoms with Crippen LogP contribution in [-0.2, 0) is 4.79 Å². The zero-order chi connectivity index (χ0) is 16.8. The number of hydrogen-bond acceptors (Lipinski definition) is 5. The molecule has 1 aromatic carbocycles. The second-order valence-corrected chi connectivity index (χ2v) is 7.49. The molecule has 0 spiro atoms. The molecule has 0 bridgehead atoms. The average molecular weight is 345 g/mol. The first-order valence-electron chi connectivity index (χ1n) is 8.58.